The van der Waals surface area contributed by atoms with Crippen molar-refractivity contribution in [3.05, 3.63) is 22.1 Å². The molecular weight excluding hydrogens is 186 g/mol. The number of hydrogen-bond acceptors (Lipinski definition) is 4. The van der Waals surface area contributed by atoms with E-state index >= 15 is 0 Å². The fourth-order valence-electron chi connectivity index (χ4n) is 1.16. The highest BCUT2D eigenvalue weighted by atomic mass is 16.6. The molecule has 0 aliphatic rings. The van der Waals surface area contributed by atoms with Gasteiger partial charge in [0.1, 0.15) is 12.3 Å². The first-order chi connectivity index (χ1) is 6.45. The van der Waals surface area contributed by atoms with Crippen molar-refractivity contribution < 1.29 is 10.0 Å². The zero-order valence-electron chi connectivity index (χ0n) is 8.34. The molecule has 0 aliphatic carbocycles. The summed E-state index contributed by atoms with van der Waals surface area (Å²) in [7, 11) is 1.52. The highest BCUT2D eigenvalue weighted by Crippen LogP contribution is 2.22. The van der Waals surface area contributed by atoms with Crippen LogP contribution in [0.3, 0.4) is 0 Å². The van der Waals surface area contributed by atoms with Gasteiger partial charge < -0.3 is 15.2 Å². The van der Waals surface area contributed by atoms with Crippen LogP contribution < -0.4 is 0 Å². The molecule has 0 fully saturated rings. The first kappa shape index (κ1) is 10.6. The third kappa shape index (κ3) is 1.74. The van der Waals surface area contributed by atoms with E-state index in [4.69, 9.17) is 0 Å². The van der Waals surface area contributed by atoms with E-state index < -0.39 is 11.0 Å². The van der Waals surface area contributed by atoms with E-state index in [1.54, 1.807) is 0 Å². The van der Waals surface area contributed by atoms with Crippen LogP contribution in [0.4, 0.5) is 5.82 Å². The maximum absolute atomic E-state index is 10.5. The molecule has 0 saturated carbocycles. The summed E-state index contributed by atoms with van der Waals surface area (Å²) in [5, 5.41) is 20.2. The van der Waals surface area contributed by atoms with Gasteiger partial charge in [-0.05, 0) is 10.8 Å². The molecule has 0 amide bonds. The number of aliphatic hydroxyl groups is 1. The molecule has 0 saturated heterocycles. The first-order valence-corrected chi connectivity index (χ1v) is 4.29. The van der Waals surface area contributed by atoms with Crippen LogP contribution in [-0.2, 0) is 7.05 Å². The minimum Gasteiger partial charge on any atom is -0.383 e. The molecule has 1 unspecified atom stereocenters. The lowest BCUT2D eigenvalue weighted by Gasteiger charge is -2.10. The van der Waals surface area contributed by atoms with Gasteiger partial charge in [0.15, 0.2) is 0 Å². The Bertz CT molecular complexity index is 346. The molecule has 1 aromatic rings. The third-order valence-corrected chi connectivity index (χ3v) is 2.08. The van der Waals surface area contributed by atoms with Gasteiger partial charge in [0.25, 0.3) is 0 Å². The fourth-order valence-corrected chi connectivity index (χ4v) is 1.16. The van der Waals surface area contributed by atoms with Crippen molar-refractivity contribution in [2.45, 2.75) is 20.0 Å². The molecule has 0 spiro atoms. The number of hydrogen-bond donors (Lipinski definition) is 1. The molecule has 0 bridgehead atoms. The fraction of sp³-hybridized carbons (Fsp3) is 0.625. The summed E-state index contributed by atoms with van der Waals surface area (Å²) in [6.45, 7) is 3.65. The Balaban J connectivity index is 3.06. The summed E-state index contributed by atoms with van der Waals surface area (Å²) < 4.78 is 1.30. The lowest BCUT2D eigenvalue weighted by molar-refractivity contribution is -0.391. The van der Waals surface area contributed by atoms with E-state index in [0.717, 1.165) is 6.20 Å². The number of aliphatic hydroxyl groups excluding tert-OH is 1. The standard InChI is InChI=1S/C8H13N3O3/c1-5(2)7(12)8-9-4-6(10(8)3)11(13)14/h4-5,7,12H,1-3H3. The molecule has 78 valence electrons. The largest absolute Gasteiger partial charge is 0.383 e. The Hall–Kier alpha value is -1.43. The molecule has 0 radical (unpaired) electrons. The predicted molar refractivity (Wildman–Crippen MR) is 49.7 cm³/mol. The highest BCUT2D eigenvalue weighted by molar-refractivity contribution is 5.19. The maximum atomic E-state index is 10.5. The van der Waals surface area contributed by atoms with E-state index in [1.165, 1.54) is 11.6 Å². The number of aromatic nitrogens is 2. The Kier molecular flexibility index (Phi) is 2.85. The lowest BCUT2D eigenvalue weighted by Crippen LogP contribution is -2.12. The SMILES string of the molecule is CC(C)C(O)c1ncc([N+](=O)[O-])n1C. The zero-order valence-corrected chi connectivity index (χ0v) is 8.34. The topological polar surface area (TPSA) is 81.2 Å². The van der Waals surface area contributed by atoms with E-state index in [9.17, 15) is 15.2 Å². The maximum Gasteiger partial charge on any atom is 0.342 e. The van der Waals surface area contributed by atoms with Crippen molar-refractivity contribution in [2.24, 2.45) is 13.0 Å². The van der Waals surface area contributed by atoms with E-state index in [1.807, 2.05) is 13.8 Å². The summed E-state index contributed by atoms with van der Waals surface area (Å²) in [6.07, 6.45) is 0.384. The van der Waals surface area contributed by atoms with Crippen molar-refractivity contribution in [1.82, 2.24) is 9.55 Å². The highest BCUT2D eigenvalue weighted by Gasteiger charge is 2.24. The van der Waals surface area contributed by atoms with Crippen LogP contribution >= 0.6 is 0 Å². The molecular formula is C8H13N3O3. The summed E-state index contributed by atoms with van der Waals surface area (Å²) in [4.78, 5) is 13.8. The minimum absolute atomic E-state index is 0.0179. The third-order valence-electron chi connectivity index (χ3n) is 2.08. The van der Waals surface area contributed by atoms with Gasteiger partial charge in [0, 0.05) is 0 Å². The van der Waals surface area contributed by atoms with Crippen LogP contribution in [0.15, 0.2) is 6.20 Å². The monoisotopic (exact) mass is 199 g/mol. The van der Waals surface area contributed by atoms with Crippen molar-refractivity contribution in [3.8, 4) is 0 Å². The predicted octanol–water partition coefficient (Wildman–Crippen LogP) is 1.02. The van der Waals surface area contributed by atoms with Gasteiger partial charge in [0.05, 0.1) is 7.05 Å². The van der Waals surface area contributed by atoms with Crippen molar-refractivity contribution in [2.75, 3.05) is 0 Å². The van der Waals surface area contributed by atoms with Crippen LogP contribution in [0.5, 0.6) is 0 Å². The minimum atomic E-state index is -0.770. The summed E-state index contributed by atoms with van der Waals surface area (Å²) in [5.41, 5.74) is 0. The lowest BCUT2D eigenvalue weighted by atomic mass is 10.1. The molecule has 6 nitrogen and oxygen atoms in total. The van der Waals surface area contributed by atoms with Crippen LogP contribution in [0, 0.1) is 16.0 Å². The van der Waals surface area contributed by atoms with Gasteiger partial charge in [-0.15, -0.1) is 0 Å². The molecule has 6 heteroatoms. The molecule has 1 aromatic heterocycles. The number of imidazole rings is 1. The first-order valence-electron chi connectivity index (χ1n) is 4.29. The Morgan fingerprint density at radius 3 is 2.57 bits per heavy atom. The quantitative estimate of drug-likeness (QED) is 0.582. The van der Waals surface area contributed by atoms with Crippen LogP contribution in [0.25, 0.3) is 0 Å². The van der Waals surface area contributed by atoms with Gasteiger partial charge in [-0.2, -0.15) is 0 Å². The molecule has 1 atom stereocenters. The Morgan fingerprint density at radius 1 is 1.64 bits per heavy atom. The second-order valence-corrected chi connectivity index (χ2v) is 3.48. The van der Waals surface area contributed by atoms with Crippen LogP contribution in [0.1, 0.15) is 25.8 Å². The summed E-state index contributed by atoms with van der Waals surface area (Å²) in [6, 6.07) is 0. The number of nitro groups is 1. The van der Waals surface area contributed by atoms with E-state index in [0.29, 0.717) is 5.82 Å². The van der Waals surface area contributed by atoms with Gasteiger partial charge in [0.2, 0.25) is 5.82 Å². The number of rotatable bonds is 3. The second-order valence-electron chi connectivity index (χ2n) is 3.48. The summed E-state index contributed by atoms with van der Waals surface area (Å²) >= 11 is 0. The second kappa shape index (κ2) is 3.75. The van der Waals surface area contributed by atoms with Crippen molar-refractivity contribution in [3.63, 3.8) is 0 Å². The molecule has 0 aliphatic heterocycles. The van der Waals surface area contributed by atoms with Crippen molar-refractivity contribution in [1.29, 1.82) is 0 Å². The zero-order chi connectivity index (χ0) is 10.9. The van der Waals surface area contributed by atoms with Gasteiger partial charge in [-0.25, -0.2) is 9.55 Å². The normalized spacial score (nSPS) is 13.2. The average Bonchev–Trinajstić information content (AvgIpc) is 2.45. The average molecular weight is 199 g/mol. The molecule has 1 heterocycles. The van der Waals surface area contributed by atoms with Gasteiger partial charge in [-0.3, -0.25) is 0 Å². The molecule has 1 N–H and O–H groups in total. The number of nitrogens with zero attached hydrogens (tertiary/aromatic N) is 3. The van der Waals surface area contributed by atoms with E-state index in [2.05, 4.69) is 4.98 Å². The molecule has 0 aromatic carbocycles. The van der Waals surface area contributed by atoms with Crippen LogP contribution in [0.2, 0.25) is 0 Å². The molecule has 1 rings (SSSR count). The van der Waals surface area contributed by atoms with E-state index in [-0.39, 0.29) is 11.7 Å². The van der Waals surface area contributed by atoms with Crippen molar-refractivity contribution >= 4 is 5.82 Å². The van der Waals surface area contributed by atoms with Crippen LogP contribution in [-0.4, -0.2) is 19.6 Å². The molecule has 14 heavy (non-hydrogen) atoms. The Morgan fingerprint density at radius 2 is 2.21 bits per heavy atom. The smallest absolute Gasteiger partial charge is 0.342 e. The van der Waals surface area contributed by atoms with Gasteiger partial charge in [-0.1, -0.05) is 13.8 Å². The Labute approximate surface area is 81.3 Å². The summed E-state index contributed by atoms with van der Waals surface area (Å²) in [5.74, 6) is 0.196. The van der Waals surface area contributed by atoms with Gasteiger partial charge >= 0.3 is 5.82 Å².